The van der Waals surface area contributed by atoms with Crippen LogP contribution in [0.2, 0.25) is 0 Å². The summed E-state index contributed by atoms with van der Waals surface area (Å²) in [6.45, 7) is 1.86. The van der Waals surface area contributed by atoms with E-state index >= 15 is 0 Å². The van der Waals surface area contributed by atoms with Gasteiger partial charge < -0.3 is 10.5 Å². The lowest BCUT2D eigenvalue weighted by atomic mass is 10.2. The lowest BCUT2D eigenvalue weighted by Crippen LogP contribution is -2.47. The fraction of sp³-hybridized carbons (Fsp3) is 0.300. The first-order valence-corrected chi connectivity index (χ1v) is 9.66. The number of carbonyl (C=O) groups excluding carboxylic acids is 2. The van der Waals surface area contributed by atoms with Crippen molar-refractivity contribution >= 4 is 41.7 Å². The molecule has 0 aliphatic carbocycles. The van der Waals surface area contributed by atoms with E-state index in [4.69, 9.17) is 10.5 Å². The van der Waals surface area contributed by atoms with E-state index in [0.717, 1.165) is 5.75 Å². The molecule has 1 atom stereocenters. The van der Waals surface area contributed by atoms with Gasteiger partial charge in [-0.3, -0.25) is 14.5 Å². The van der Waals surface area contributed by atoms with Crippen LogP contribution in [0.1, 0.15) is 12.5 Å². The first kappa shape index (κ1) is 23.0. The maximum atomic E-state index is 12.8. The van der Waals surface area contributed by atoms with Crippen molar-refractivity contribution in [1.29, 1.82) is 0 Å². The number of anilines is 1. The highest BCUT2D eigenvalue weighted by molar-refractivity contribution is 7.98. The molecule has 0 saturated carbocycles. The number of hydrogen-bond acceptors (Lipinski definition) is 5. The van der Waals surface area contributed by atoms with E-state index in [1.165, 1.54) is 10.5 Å². The summed E-state index contributed by atoms with van der Waals surface area (Å²) < 4.78 is 4.98. The summed E-state index contributed by atoms with van der Waals surface area (Å²) in [5, 5.41) is 0. The Bertz CT molecular complexity index is 701. The third-order valence-electron chi connectivity index (χ3n) is 3.65. The van der Waals surface area contributed by atoms with Crippen molar-refractivity contribution in [3.63, 3.8) is 0 Å². The highest BCUT2D eigenvalue weighted by Crippen LogP contribution is 2.17. The van der Waals surface area contributed by atoms with E-state index in [1.807, 2.05) is 48.5 Å². The van der Waals surface area contributed by atoms with Crippen molar-refractivity contribution in [1.82, 2.24) is 0 Å². The quantitative estimate of drug-likeness (QED) is 0.644. The van der Waals surface area contributed by atoms with Crippen LogP contribution in [0.4, 0.5) is 5.69 Å². The Labute approximate surface area is 170 Å². The maximum absolute atomic E-state index is 12.8. The molecule has 0 saturated heterocycles. The number of nitrogens with zero attached hydrogens (tertiary/aromatic N) is 1. The Morgan fingerprint density at radius 1 is 1.07 bits per heavy atom. The van der Waals surface area contributed by atoms with Gasteiger partial charge in [0.2, 0.25) is 5.91 Å². The van der Waals surface area contributed by atoms with Crippen molar-refractivity contribution in [3.05, 3.63) is 66.2 Å². The van der Waals surface area contributed by atoms with Gasteiger partial charge in [0.05, 0.1) is 12.6 Å². The van der Waals surface area contributed by atoms with E-state index in [9.17, 15) is 9.59 Å². The third kappa shape index (κ3) is 7.62. The highest BCUT2D eigenvalue weighted by atomic mass is 35.5. The molecule has 0 heterocycles. The first-order chi connectivity index (χ1) is 12.6. The van der Waals surface area contributed by atoms with Crippen LogP contribution in [0, 0.1) is 0 Å². The molecule has 0 radical (unpaired) electrons. The number of ether oxygens (including phenoxy) is 1. The fourth-order valence-electron chi connectivity index (χ4n) is 2.39. The number of hydrogen-bond donors (Lipinski definition) is 1. The van der Waals surface area contributed by atoms with Gasteiger partial charge in [0, 0.05) is 17.2 Å². The van der Waals surface area contributed by atoms with Gasteiger partial charge in [-0.15, -0.1) is 12.4 Å². The number of rotatable bonds is 9. The van der Waals surface area contributed by atoms with Gasteiger partial charge in [-0.05, 0) is 24.6 Å². The van der Waals surface area contributed by atoms with Crippen LogP contribution < -0.4 is 10.6 Å². The van der Waals surface area contributed by atoms with Crippen molar-refractivity contribution in [2.45, 2.75) is 18.7 Å². The topological polar surface area (TPSA) is 72.6 Å². The molecular formula is C20H25ClN2O3S. The average Bonchev–Trinajstić information content (AvgIpc) is 2.67. The molecule has 1 amide bonds. The molecule has 2 N–H and O–H groups in total. The molecule has 0 fully saturated rings. The second-order valence-electron chi connectivity index (χ2n) is 5.67. The number of amides is 1. The molecular weight excluding hydrogens is 384 g/mol. The number of carbonyl (C=O) groups is 2. The average molecular weight is 409 g/mol. The molecule has 7 heteroatoms. The largest absolute Gasteiger partial charge is 0.465 e. The number of para-hydroxylation sites is 1. The second-order valence-corrected chi connectivity index (χ2v) is 6.70. The van der Waals surface area contributed by atoms with Crippen LogP contribution in [0.15, 0.2) is 60.7 Å². The normalized spacial score (nSPS) is 11.2. The first-order valence-electron chi connectivity index (χ1n) is 8.51. The van der Waals surface area contributed by atoms with Crippen LogP contribution in [0.5, 0.6) is 0 Å². The summed E-state index contributed by atoms with van der Waals surface area (Å²) >= 11 is 1.60. The molecule has 0 aliphatic rings. The molecule has 2 aromatic carbocycles. The fourth-order valence-corrected chi connectivity index (χ4v) is 3.33. The minimum absolute atomic E-state index is 0. The highest BCUT2D eigenvalue weighted by Gasteiger charge is 2.25. The van der Waals surface area contributed by atoms with Crippen molar-refractivity contribution < 1.29 is 14.3 Å². The molecule has 2 aromatic rings. The molecule has 5 nitrogen and oxygen atoms in total. The van der Waals surface area contributed by atoms with Gasteiger partial charge in [0.25, 0.3) is 0 Å². The molecule has 0 unspecified atom stereocenters. The van der Waals surface area contributed by atoms with Crippen LogP contribution in [0.3, 0.4) is 0 Å². The van der Waals surface area contributed by atoms with E-state index in [-0.39, 0.29) is 31.5 Å². The SMILES string of the molecule is CCOC(=O)CN(C(=O)[C@@H](N)CSCc1ccccc1)c1ccccc1.Cl. The Morgan fingerprint density at radius 2 is 1.67 bits per heavy atom. The van der Waals surface area contributed by atoms with E-state index in [2.05, 4.69) is 0 Å². The van der Waals surface area contributed by atoms with Gasteiger partial charge in [-0.2, -0.15) is 11.8 Å². The lowest BCUT2D eigenvalue weighted by Gasteiger charge is -2.25. The number of nitrogens with two attached hydrogens (primary N) is 1. The van der Waals surface area contributed by atoms with E-state index < -0.39 is 12.0 Å². The Morgan fingerprint density at radius 3 is 2.26 bits per heavy atom. The predicted octanol–water partition coefficient (Wildman–Crippen LogP) is 3.27. The van der Waals surface area contributed by atoms with Gasteiger partial charge in [-0.1, -0.05) is 48.5 Å². The Kier molecular flexibility index (Phi) is 10.6. The zero-order valence-electron chi connectivity index (χ0n) is 15.2. The van der Waals surface area contributed by atoms with Crippen LogP contribution in [-0.4, -0.2) is 36.8 Å². The summed E-state index contributed by atoms with van der Waals surface area (Å²) in [6.07, 6.45) is 0. The minimum atomic E-state index is -0.696. The van der Waals surface area contributed by atoms with Crippen LogP contribution in [-0.2, 0) is 20.1 Å². The Balaban J connectivity index is 0.00000364. The zero-order chi connectivity index (χ0) is 18.8. The number of esters is 1. The monoisotopic (exact) mass is 408 g/mol. The smallest absolute Gasteiger partial charge is 0.326 e. The van der Waals surface area contributed by atoms with Crippen LogP contribution >= 0.6 is 24.2 Å². The van der Waals surface area contributed by atoms with Gasteiger partial charge in [0.1, 0.15) is 6.54 Å². The third-order valence-corrected chi connectivity index (χ3v) is 4.78. The standard InChI is InChI=1S/C20H24N2O3S.ClH/c1-2-25-19(23)13-22(17-11-7-4-8-12-17)20(24)18(21)15-26-14-16-9-5-3-6-10-16;/h3-12,18H,2,13-15,21H2,1H3;1H/t18-;/m0./s1. The number of halogens is 1. The zero-order valence-corrected chi connectivity index (χ0v) is 16.9. The van der Waals surface area contributed by atoms with Crippen LogP contribution in [0.25, 0.3) is 0 Å². The second kappa shape index (κ2) is 12.4. The summed E-state index contributed by atoms with van der Waals surface area (Å²) in [5.74, 6) is 0.518. The number of benzene rings is 2. The molecule has 2 rings (SSSR count). The Hall–Kier alpha value is -2.02. The van der Waals surface area contributed by atoms with Gasteiger partial charge >= 0.3 is 5.97 Å². The van der Waals surface area contributed by atoms with Crippen molar-refractivity contribution in [2.24, 2.45) is 5.73 Å². The van der Waals surface area contributed by atoms with Gasteiger partial charge in [0.15, 0.2) is 0 Å². The van der Waals surface area contributed by atoms with Gasteiger partial charge in [-0.25, -0.2) is 0 Å². The van der Waals surface area contributed by atoms with Crippen molar-refractivity contribution in [2.75, 3.05) is 23.8 Å². The summed E-state index contributed by atoms with van der Waals surface area (Å²) in [5.41, 5.74) is 7.92. The molecule has 0 aliphatic heterocycles. The molecule has 27 heavy (non-hydrogen) atoms. The summed E-state index contributed by atoms with van der Waals surface area (Å²) in [7, 11) is 0. The molecule has 0 spiro atoms. The lowest BCUT2D eigenvalue weighted by molar-refractivity contribution is -0.142. The maximum Gasteiger partial charge on any atom is 0.326 e. The molecule has 0 bridgehead atoms. The van der Waals surface area contributed by atoms with E-state index in [0.29, 0.717) is 11.4 Å². The van der Waals surface area contributed by atoms with E-state index in [1.54, 1.807) is 30.8 Å². The van der Waals surface area contributed by atoms with Crippen molar-refractivity contribution in [3.8, 4) is 0 Å². The minimum Gasteiger partial charge on any atom is -0.465 e. The molecule has 0 aromatic heterocycles. The molecule has 146 valence electrons. The summed E-state index contributed by atoms with van der Waals surface area (Å²) in [6, 6.07) is 18.4. The summed E-state index contributed by atoms with van der Waals surface area (Å²) in [4.78, 5) is 26.1. The predicted molar refractivity (Wildman–Crippen MR) is 113 cm³/mol. The number of thioether (sulfide) groups is 1.